The fourth-order valence-electron chi connectivity index (χ4n) is 2.11. The van der Waals surface area contributed by atoms with E-state index in [1.54, 1.807) is 18.3 Å². The first-order valence-electron chi connectivity index (χ1n) is 7.96. The molecule has 0 aliphatic rings. The van der Waals surface area contributed by atoms with Crippen molar-refractivity contribution in [3.8, 4) is 0 Å². The van der Waals surface area contributed by atoms with Gasteiger partial charge in [0.15, 0.2) is 0 Å². The fraction of sp³-hybridized carbons (Fsp3) is 0.278. The third-order valence-corrected chi connectivity index (χ3v) is 3.61. The summed E-state index contributed by atoms with van der Waals surface area (Å²) in [5, 5.41) is 3.97. The molecule has 0 fully saturated rings. The van der Waals surface area contributed by atoms with Crippen molar-refractivity contribution < 1.29 is 4.79 Å². The van der Waals surface area contributed by atoms with Crippen molar-refractivity contribution in [2.24, 2.45) is 5.10 Å². The third kappa shape index (κ3) is 5.08. The van der Waals surface area contributed by atoms with Crippen LogP contribution < -0.4 is 16.1 Å². The molecule has 0 saturated heterocycles. The Labute approximate surface area is 142 Å². The van der Waals surface area contributed by atoms with E-state index in [-0.39, 0.29) is 5.91 Å². The van der Waals surface area contributed by atoms with Gasteiger partial charge in [0.2, 0.25) is 0 Å². The number of nitrogens with zero attached hydrogens (tertiary/aromatic N) is 3. The lowest BCUT2D eigenvalue weighted by atomic mass is 10.2. The zero-order chi connectivity index (χ0) is 17.4. The first-order chi connectivity index (χ1) is 11.6. The summed E-state index contributed by atoms with van der Waals surface area (Å²) in [5.41, 5.74) is 10.4. The number of unbranched alkanes of at least 4 members (excludes halogenated alkanes) is 1. The number of carbonyl (C=O) groups excluding carboxylic acids is 1. The molecule has 0 spiro atoms. The number of nitrogen functional groups attached to an aromatic ring is 1. The van der Waals surface area contributed by atoms with E-state index in [9.17, 15) is 4.79 Å². The molecule has 0 saturated carbocycles. The van der Waals surface area contributed by atoms with Crippen LogP contribution in [-0.4, -0.2) is 30.7 Å². The van der Waals surface area contributed by atoms with Gasteiger partial charge in [-0.3, -0.25) is 4.79 Å². The zero-order valence-corrected chi connectivity index (χ0v) is 14.1. The molecule has 2 aromatic rings. The van der Waals surface area contributed by atoms with Crippen LogP contribution in [0.2, 0.25) is 0 Å². The Hall–Kier alpha value is -2.89. The molecule has 0 aliphatic heterocycles. The van der Waals surface area contributed by atoms with Gasteiger partial charge in [-0.05, 0) is 36.2 Å². The molecule has 1 amide bonds. The van der Waals surface area contributed by atoms with E-state index in [0.29, 0.717) is 11.4 Å². The van der Waals surface area contributed by atoms with Crippen molar-refractivity contribution in [1.82, 2.24) is 10.4 Å². The zero-order valence-electron chi connectivity index (χ0n) is 14.1. The van der Waals surface area contributed by atoms with Crippen molar-refractivity contribution >= 4 is 23.6 Å². The van der Waals surface area contributed by atoms with Crippen LogP contribution in [0, 0.1) is 0 Å². The minimum atomic E-state index is -0.324. The molecule has 2 rings (SSSR count). The van der Waals surface area contributed by atoms with Crippen molar-refractivity contribution in [3.63, 3.8) is 0 Å². The van der Waals surface area contributed by atoms with Crippen molar-refractivity contribution in [2.75, 3.05) is 24.2 Å². The van der Waals surface area contributed by atoms with Gasteiger partial charge in [0.25, 0.3) is 5.91 Å². The van der Waals surface area contributed by atoms with Crippen LogP contribution in [0.4, 0.5) is 11.5 Å². The van der Waals surface area contributed by atoms with Gasteiger partial charge < -0.3 is 10.6 Å². The number of nitrogens with one attached hydrogen (secondary N) is 1. The first-order valence-corrected chi connectivity index (χ1v) is 7.96. The Kier molecular flexibility index (Phi) is 6.31. The van der Waals surface area contributed by atoms with E-state index >= 15 is 0 Å². The molecule has 24 heavy (non-hydrogen) atoms. The van der Waals surface area contributed by atoms with Gasteiger partial charge in [-0.2, -0.15) is 5.10 Å². The molecule has 3 N–H and O–H groups in total. The summed E-state index contributed by atoms with van der Waals surface area (Å²) in [5.74, 6) is 0.0497. The predicted octanol–water partition coefficient (Wildman–Crippen LogP) is 2.66. The van der Waals surface area contributed by atoms with Gasteiger partial charge >= 0.3 is 0 Å². The normalized spacial score (nSPS) is 10.8. The van der Waals surface area contributed by atoms with E-state index in [1.165, 1.54) is 19.0 Å². The van der Waals surface area contributed by atoms with Crippen molar-refractivity contribution in [3.05, 3.63) is 53.7 Å². The number of amides is 1. The molecular formula is C18H23N5O. The number of hydrazone groups is 1. The number of carbonyl (C=O) groups is 1. The average Bonchev–Trinajstić information content (AvgIpc) is 2.60. The highest BCUT2D eigenvalue weighted by atomic mass is 16.2. The maximum absolute atomic E-state index is 11.9. The highest BCUT2D eigenvalue weighted by Gasteiger charge is 2.04. The quantitative estimate of drug-likeness (QED) is 0.605. The van der Waals surface area contributed by atoms with E-state index in [0.717, 1.165) is 17.8 Å². The van der Waals surface area contributed by atoms with Crippen molar-refractivity contribution in [1.29, 1.82) is 0 Å². The lowest BCUT2D eigenvalue weighted by molar-refractivity contribution is 0.0955. The van der Waals surface area contributed by atoms with Gasteiger partial charge in [0.1, 0.15) is 5.82 Å². The predicted molar refractivity (Wildman–Crippen MR) is 98.3 cm³/mol. The molecule has 0 atom stereocenters. The Balaban J connectivity index is 1.90. The van der Waals surface area contributed by atoms with Crippen LogP contribution in [0.5, 0.6) is 0 Å². The van der Waals surface area contributed by atoms with Crippen LogP contribution in [0.1, 0.15) is 35.7 Å². The number of hydrogen-bond donors (Lipinski definition) is 2. The molecule has 1 heterocycles. The monoisotopic (exact) mass is 325 g/mol. The lowest BCUT2D eigenvalue weighted by Gasteiger charge is -2.18. The smallest absolute Gasteiger partial charge is 0.272 e. The number of anilines is 2. The molecule has 0 radical (unpaired) electrons. The fourth-order valence-corrected chi connectivity index (χ4v) is 2.11. The Morgan fingerprint density at radius 3 is 2.67 bits per heavy atom. The summed E-state index contributed by atoms with van der Waals surface area (Å²) < 4.78 is 0. The Bertz CT molecular complexity index is 680. The molecule has 6 nitrogen and oxygen atoms in total. The second kappa shape index (κ2) is 8.67. The van der Waals surface area contributed by atoms with Gasteiger partial charge in [-0.1, -0.05) is 25.5 Å². The summed E-state index contributed by atoms with van der Waals surface area (Å²) >= 11 is 0. The average molecular weight is 325 g/mol. The highest BCUT2D eigenvalue weighted by molar-refractivity contribution is 5.94. The number of benzene rings is 1. The largest absolute Gasteiger partial charge is 0.384 e. The molecular weight excluding hydrogens is 302 g/mol. The standard InChI is InChI=1S/C18H23N5O/c1-3-4-11-23(2)16-8-5-14(6-9-16)12-21-22-18(24)15-7-10-17(19)20-13-15/h5-10,12-13H,3-4,11H2,1-2H3,(H2,19,20)(H,22,24)/b21-12+. The number of nitrogens with two attached hydrogens (primary N) is 1. The molecule has 1 aromatic heterocycles. The maximum Gasteiger partial charge on any atom is 0.272 e. The van der Waals surface area contributed by atoms with E-state index in [2.05, 4.69) is 34.4 Å². The van der Waals surface area contributed by atoms with E-state index in [4.69, 9.17) is 5.73 Å². The summed E-state index contributed by atoms with van der Waals surface area (Å²) in [7, 11) is 2.08. The number of pyridine rings is 1. The van der Waals surface area contributed by atoms with Crippen LogP contribution in [0.15, 0.2) is 47.7 Å². The number of rotatable bonds is 7. The SMILES string of the molecule is CCCCN(C)c1ccc(/C=N/NC(=O)c2ccc(N)nc2)cc1. The van der Waals surface area contributed by atoms with Crippen LogP contribution >= 0.6 is 0 Å². The van der Waals surface area contributed by atoms with E-state index in [1.807, 2.05) is 24.3 Å². The summed E-state index contributed by atoms with van der Waals surface area (Å²) in [6, 6.07) is 11.2. The van der Waals surface area contributed by atoms with Gasteiger partial charge in [0.05, 0.1) is 11.8 Å². The van der Waals surface area contributed by atoms with Crippen LogP contribution in [0.3, 0.4) is 0 Å². The van der Waals surface area contributed by atoms with Crippen molar-refractivity contribution in [2.45, 2.75) is 19.8 Å². The Morgan fingerprint density at radius 2 is 2.04 bits per heavy atom. The van der Waals surface area contributed by atoms with Gasteiger partial charge in [0, 0.05) is 25.5 Å². The number of hydrogen-bond acceptors (Lipinski definition) is 5. The van der Waals surface area contributed by atoms with E-state index < -0.39 is 0 Å². The number of aromatic nitrogens is 1. The minimum Gasteiger partial charge on any atom is -0.384 e. The van der Waals surface area contributed by atoms with Gasteiger partial charge in [-0.25, -0.2) is 10.4 Å². The first kappa shape index (κ1) is 17.5. The molecule has 0 aliphatic carbocycles. The Morgan fingerprint density at radius 1 is 1.29 bits per heavy atom. The molecule has 0 unspecified atom stereocenters. The van der Waals surface area contributed by atoms with Crippen LogP contribution in [0.25, 0.3) is 0 Å². The lowest BCUT2D eigenvalue weighted by Crippen LogP contribution is -2.18. The molecule has 0 bridgehead atoms. The van der Waals surface area contributed by atoms with Crippen LogP contribution in [-0.2, 0) is 0 Å². The summed E-state index contributed by atoms with van der Waals surface area (Å²) in [6.45, 7) is 3.22. The summed E-state index contributed by atoms with van der Waals surface area (Å²) in [4.78, 5) is 18.0. The minimum absolute atomic E-state index is 0.324. The second-order valence-electron chi connectivity index (χ2n) is 5.54. The third-order valence-electron chi connectivity index (χ3n) is 3.61. The summed E-state index contributed by atoms with van der Waals surface area (Å²) in [6.07, 6.45) is 5.38. The highest BCUT2D eigenvalue weighted by Crippen LogP contribution is 2.13. The van der Waals surface area contributed by atoms with Gasteiger partial charge in [-0.15, -0.1) is 0 Å². The second-order valence-corrected chi connectivity index (χ2v) is 5.54. The maximum atomic E-state index is 11.9. The molecule has 6 heteroatoms. The molecule has 1 aromatic carbocycles. The molecule has 126 valence electrons. The topological polar surface area (TPSA) is 83.6 Å².